The van der Waals surface area contributed by atoms with Crippen molar-refractivity contribution in [1.29, 1.82) is 0 Å². The normalized spacial score (nSPS) is 23.3. The Balaban J connectivity index is 2.09. The highest BCUT2D eigenvalue weighted by Gasteiger charge is 2.32. The van der Waals surface area contributed by atoms with E-state index in [9.17, 15) is 14.7 Å². The lowest BCUT2D eigenvalue weighted by molar-refractivity contribution is -0.143. The molecule has 1 amide bonds. The highest BCUT2D eigenvalue weighted by Crippen LogP contribution is 2.25. The Hall–Kier alpha value is -1.88. The molecule has 1 aliphatic carbocycles. The lowest BCUT2D eigenvalue weighted by Crippen LogP contribution is -2.45. The predicted octanol–water partition coefficient (Wildman–Crippen LogP) is 2.52. The van der Waals surface area contributed by atoms with Gasteiger partial charge in [-0.3, -0.25) is 9.59 Å². The zero-order valence-electron chi connectivity index (χ0n) is 12.8. The highest BCUT2D eigenvalue weighted by molar-refractivity contribution is 5.83. The maximum atomic E-state index is 12.5. The van der Waals surface area contributed by atoms with Crippen LogP contribution < -0.4 is 5.32 Å². The first-order valence-electron chi connectivity index (χ1n) is 7.74. The summed E-state index contributed by atoms with van der Waals surface area (Å²) in [4.78, 5) is 23.9. The molecule has 0 aliphatic heterocycles. The zero-order valence-corrected chi connectivity index (χ0v) is 12.8. The molecule has 2 N–H and O–H groups in total. The van der Waals surface area contributed by atoms with Gasteiger partial charge in [0.2, 0.25) is 0 Å². The van der Waals surface area contributed by atoms with Gasteiger partial charge in [0.15, 0.2) is 6.10 Å². The number of carbonyl (C=O) groups is 2. The van der Waals surface area contributed by atoms with Crippen LogP contribution in [-0.2, 0) is 14.3 Å². The van der Waals surface area contributed by atoms with Gasteiger partial charge < -0.3 is 15.2 Å². The Labute approximate surface area is 130 Å². The molecule has 120 valence electrons. The van der Waals surface area contributed by atoms with Gasteiger partial charge in [0.1, 0.15) is 0 Å². The second-order valence-electron chi connectivity index (χ2n) is 5.72. The summed E-state index contributed by atoms with van der Waals surface area (Å²) in [6, 6.07) is 8.90. The molecule has 0 aromatic heterocycles. The molecule has 1 aromatic rings. The summed E-state index contributed by atoms with van der Waals surface area (Å²) in [5.74, 6) is -1.62. The number of hydrogen-bond donors (Lipinski definition) is 2. The van der Waals surface area contributed by atoms with E-state index >= 15 is 0 Å². The van der Waals surface area contributed by atoms with Crippen molar-refractivity contribution in [2.75, 3.05) is 7.11 Å². The van der Waals surface area contributed by atoms with Crippen molar-refractivity contribution in [3.8, 4) is 0 Å². The van der Waals surface area contributed by atoms with E-state index in [0.717, 1.165) is 24.8 Å². The maximum absolute atomic E-state index is 12.5. The average molecular weight is 305 g/mol. The number of aliphatic carboxylic acids is 1. The lowest BCUT2D eigenvalue weighted by Gasteiger charge is -2.25. The summed E-state index contributed by atoms with van der Waals surface area (Å²) >= 11 is 0. The molecule has 0 unspecified atom stereocenters. The third-order valence-electron chi connectivity index (χ3n) is 4.24. The number of nitrogens with one attached hydrogen (secondary N) is 1. The Kier molecular flexibility index (Phi) is 5.95. The van der Waals surface area contributed by atoms with Gasteiger partial charge in [-0.05, 0) is 18.4 Å². The Morgan fingerprint density at radius 3 is 2.50 bits per heavy atom. The molecule has 1 saturated carbocycles. The minimum atomic E-state index is -0.833. The minimum Gasteiger partial charge on any atom is -0.481 e. The summed E-state index contributed by atoms with van der Waals surface area (Å²) in [7, 11) is 1.49. The van der Waals surface area contributed by atoms with Crippen molar-refractivity contribution in [1.82, 2.24) is 5.32 Å². The predicted molar refractivity (Wildman–Crippen MR) is 82.3 cm³/mol. The third kappa shape index (κ3) is 4.07. The van der Waals surface area contributed by atoms with Crippen molar-refractivity contribution >= 4 is 11.9 Å². The first kappa shape index (κ1) is 16.5. The lowest BCUT2D eigenvalue weighted by atomic mass is 9.94. The molecule has 0 heterocycles. The molecular weight excluding hydrogens is 282 g/mol. The number of benzene rings is 1. The molecule has 3 atom stereocenters. The van der Waals surface area contributed by atoms with Crippen molar-refractivity contribution in [2.24, 2.45) is 5.92 Å². The van der Waals surface area contributed by atoms with E-state index < -0.39 is 18.0 Å². The van der Waals surface area contributed by atoms with Crippen molar-refractivity contribution in [2.45, 2.75) is 44.2 Å². The fourth-order valence-electron chi connectivity index (χ4n) is 3.06. The number of rotatable bonds is 5. The van der Waals surface area contributed by atoms with Crippen molar-refractivity contribution < 1.29 is 19.4 Å². The molecular formula is C17H23NO4. The van der Waals surface area contributed by atoms with Crippen molar-refractivity contribution in [3.05, 3.63) is 35.9 Å². The van der Waals surface area contributed by atoms with Crippen LogP contribution in [0.2, 0.25) is 0 Å². The zero-order chi connectivity index (χ0) is 15.9. The molecule has 1 aromatic carbocycles. The van der Waals surface area contributed by atoms with Gasteiger partial charge in [-0.1, -0.05) is 49.6 Å². The Morgan fingerprint density at radius 1 is 1.18 bits per heavy atom. The number of carbonyl (C=O) groups excluding carboxylic acids is 1. The van der Waals surface area contributed by atoms with E-state index in [1.807, 2.05) is 30.3 Å². The number of ether oxygens (including phenoxy) is 1. The van der Waals surface area contributed by atoms with E-state index in [0.29, 0.717) is 12.8 Å². The SMILES string of the molecule is CO[C@@H](C(=O)N[C@H]1CCCCC[C@H]1C(=O)O)c1ccccc1. The van der Waals surface area contributed by atoms with E-state index in [-0.39, 0.29) is 11.9 Å². The summed E-state index contributed by atoms with van der Waals surface area (Å²) < 4.78 is 5.31. The monoisotopic (exact) mass is 305 g/mol. The molecule has 0 bridgehead atoms. The first-order chi connectivity index (χ1) is 10.6. The van der Waals surface area contributed by atoms with Crippen LogP contribution in [0.1, 0.15) is 43.8 Å². The summed E-state index contributed by atoms with van der Waals surface area (Å²) in [5.41, 5.74) is 0.767. The fraction of sp³-hybridized carbons (Fsp3) is 0.529. The van der Waals surface area contributed by atoms with Gasteiger partial charge in [0.05, 0.1) is 5.92 Å². The van der Waals surface area contributed by atoms with E-state index in [4.69, 9.17) is 4.74 Å². The van der Waals surface area contributed by atoms with Crippen LogP contribution in [0.5, 0.6) is 0 Å². The van der Waals surface area contributed by atoms with Gasteiger partial charge in [-0.25, -0.2) is 0 Å². The van der Waals surface area contributed by atoms with Gasteiger partial charge in [-0.2, -0.15) is 0 Å². The van der Waals surface area contributed by atoms with E-state index in [1.54, 1.807) is 0 Å². The molecule has 0 saturated heterocycles. The van der Waals surface area contributed by atoms with Crippen LogP contribution in [0.4, 0.5) is 0 Å². The molecule has 1 fully saturated rings. The smallest absolute Gasteiger partial charge is 0.308 e. The Morgan fingerprint density at radius 2 is 1.86 bits per heavy atom. The van der Waals surface area contributed by atoms with Crippen LogP contribution in [0.3, 0.4) is 0 Å². The largest absolute Gasteiger partial charge is 0.481 e. The van der Waals surface area contributed by atoms with E-state index in [1.165, 1.54) is 7.11 Å². The number of methoxy groups -OCH3 is 1. The van der Waals surface area contributed by atoms with Gasteiger partial charge in [0.25, 0.3) is 5.91 Å². The molecule has 0 spiro atoms. The minimum absolute atomic E-state index is 0.271. The van der Waals surface area contributed by atoms with Crippen LogP contribution in [0, 0.1) is 5.92 Å². The van der Waals surface area contributed by atoms with Crippen LogP contribution in [0.25, 0.3) is 0 Å². The molecule has 2 rings (SSSR count). The molecule has 0 radical (unpaired) electrons. The number of carboxylic acid groups (broad SMARTS) is 1. The van der Waals surface area contributed by atoms with Crippen LogP contribution >= 0.6 is 0 Å². The molecule has 5 heteroatoms. The van der Waals surface area contributed by atoms with Gasteiger partial charge in [-0.15, -0.1) is 0 Å². The summed E-state index contributed by atoms with van der Waals surface area (Å²) in [6.07, 6.45) is 3.46. The second kappa shape index (κ2) is 7.94. The summed E-state index contributed by atoms with van der Waals surface area (Å²) in [5, 5.41) is 12.3. The van der Waals surface area contributed by atoms with Crippen LogP contribution in [0.15, 0.2) is 30.3 Å². The molecule has 22 heavy (non-hydrogen) atoms. The highest BCUT2D eigenvalue weighted by atomic mass is 16.5. The quantitative estimate of drug-likeness (QED) is 0.820. The number of carboxylic acids is 1. The van der Waals surface area contributed by atoms with Crippen molar-refractivity contribution in [3.63, 3.8) is 0 Å². The molecule has 5 nitrogen and oxygen atoms in total. The van der Waals surface area contributed by atoms with Crippen LogP contribution in [-0.4, -0.2) is 30.1 Å². The number of amides is 1. The average Bonchev–Trinajstić information content (AvgIpc) is 2.74. The maximum Gasteiger partial charge on any atom is 0.308 e. The van der Waals surface area contributed by atoms with Gasteiger partial charge >= 0.3 is 5.97 Å². The molecule has 1 aliphatic rings. The standard InChI is InChI=1S/C17H23NO4/c1-22-15(12-8-4-2-5-9-12)16(19)18-14-11-7-3-6-10-13(14)17(20)21/h2,4-5,8-9,13-15H,3,6-7,10-11H2,1H3,(H,18,19)(H,20,21)/t13-,14+,15-/m1/s1. The first-order valence-corrected chi connectivity index (χ1v) is 7.74. The third-order valence-corrected chi connectivity index (χ3v) is 4.24. The number of hydrogen-bond acceptors (Lipinski definition) is 3. The summed E-state index contributed by atoms with van der Waals surface area (Å²) in [6.45, 7) is 0. The van der Waals surface area contributed by atoms with E-state index in [2.05, 4.69) is 5.32 Å². The topological polar surface area (TPSA) is 75.6 Å². The fourth-order valence-corrected chi connectivity index (χ4v) is 3.06. The second-order valence-corrected chi connectivity index (χ2v) is 5.72. The van der Waals surface area contributed by atoms with Gasteiger partial charge in [0, 0.05) is 13.2 Å². The Bertz CT molecular complexity index is 503.